The second-order valence-corrected chi connectivity index (χ2v) is 47.6. The SMILES string of the molecule is CC1=C(C)c2cc3[nH]c(cc4[nH]c(cc5nc(cc1n2)C(C)=C5C)c(C)c4C)c(C)c3C.CN1CCN(C)CCN(C)CCN(C)CCN(C)CCN(C)CC1.Cc1cc2c(cc1C)-c1c(c3c(c4c1Cc1cc(C)c(C)cc1-4)Cc1cc(C)c(C)cc1-3)C2.Cc1cc2c(cc1C)-c1c(c3c4cc(C)c(C)cc4sc3c3c1sc1cc(C)c(C)cc13)C2.Cc1cc2c3cc(C)c(C)cc3c3cc(C)c(C)cc3c2cc1C. The molecule has 24 rings (SSSR count). The van der Waals surface area contributed by atoms with E-state index in [1.165, 1.54) is 267 Å². The van der Waals surface area contributed by atoms with Gasteiger partial charge in [-0.05, 0) is 557 Å². The van der Waals surface area contributed by atoms with Crippen LogP contribution in [0, 0.1) is 152 Å². The number of hydrogen-bond acceptors (Lipinski definition) is 10. The van der Waals surface area contributed by atoms with Crippen molar-refractivity contribution in [1.82, 2.24) is 49.3 Å². The van der Waals surface area contributed by atoms with Crippen molar-refractivity contribution in [3.05, 3.63) is 323 Å². The van der Waals surface area contributed by atoms with Crippen molar-refractivity contribution in [3.63, 3.8) is 0 Å². The van der Waals surface area contributed by atoms with Gasteiger partial charge in [0.1, 0.15) is 0 Å². The van der Waals surface area contributed by atoms with Crippen molar-refractivity contribution in [2.75, 3.05) is 121 Å². The molecular formula is C134H152N10S2. The summed E-state index contributed by atoms with van der Waals surface area (Å²) in [5.41, 5.74) is 67.9. The Morgan fingerprint density at radius 3 is 0.699 bits per heavy atom. The Labute approximate surface area is 876 Å². The monoisotopic (exact) mass is 1970 g/mol. The van der Waals surface area contributed by atoms with Crippen LogP contribution < -0.4 is 0 Å². The van der Waals surface area contributed by atoms with Crippen molar-refractivity contribution in [3.8, 4) is 44.5 Å². The summed E-state index contributed by atoms with van der Waals surface area (Å²) in [6, 6.07) is 52.3. The smallest absolute Gasteiger partial charge is 0.0691 e. The van der Waals surface area contributed by atoms with Crippen LogP contribution >= 0.6 is 22.7 Å². The summed E-state index contributed by atoms with van der Waals surface area (Å²) in [5, 5.41) is 14.2. The van der Waals surface area contributed by atoms with E-state index in [1.807, 2.05) is 22.7 Å². The Bertz CT molecular complexity index is 7920. The molecule has 0 atom stereocenters. The standard InChI is InChI=1S/C33H30.C31H26S2.C28H30N4.C24H24.C18H42N6/c1-16-7-22-13-28-31(25(22)10-19(16)4)29-14-23-8-17(2)21(6)12-27(23)33(29)30-15-24-9-18(3)20(5)11-26(24)32(28)30;1-14-7-20-13-24-27(21(20)8-15(14)2)30-29(23-10-17(4)19(6)12-26(23)33-30)31-28(24)22-9-16(3)18(5)11-25(22)32-31;1-13-14(2)22-10-24-17(5)18(6)26(31-24)12-28-20(8)19(7)27(32-28)11-25-16(4)15(3)23(30-25)9-21(13)29-22;1-13-7-19-20(8-14(13)2)22-10-16(4)18(6)12-24(22)23-11-17(5)15(3)9-21(19)23;1-19-7-9-20(2)11-13-22(4)15-17-24(6)18-16-23(5)14-12-21(3)10-8-19/h7-12H,13-15H2,1-6H3;7-12H,13H2,1-6H3;9-12,29-30H,1-8H3;7-12H,1-6H3;7-18H2,1-6H3. The summed E-state index contributed by atoms with van der Waals surface area (Å²) >= 11 is 4.00. The number of allylic oxidation sites excluding steroid dienone is 4. The number of aryl methyl sites for hydroxylation is 22. The molecular weight excluding hydrogens is 1810 g/mol. The fraction of sp³-hybridized carbons (Fsp3) is 0.358. The summed E-state index contributed by atoms with van der Waals surface area (Å²) in [6.07, 6.45) is 4.26. The Morgan fingerprint density at radius 2 is 0.418 bits per heavy atom. The largest absolute Gasteiger partial charge is 0.355 e. The van der Waals surface area contributed by atoms with Crippen LogP contribution in [0.2, 0.25) is 0 Å². The minimum absolute atomic E-state index is 0.995. The summed E-state index contributed by atoms with van der Waals surface area (Å²) < 4.78 is 5.82. The molecule has 5 aromatic heterocycles. The molecule has 0 radical (unpaired) electrons. The Morgan fingerprint density at radius 1 is 0.205 bits per heavy atom. The van der Waals surface area contributed by atoms with Crippen molar-refractivity contribution < 1.29 is 0 Å². The summed E-state index contributed by atoms with van der Waals surface area (Å²) in [4.78, 5) is 32.0. The Hall–Kier alpha value is -11.8. The minimum atomic E-state index is 0.995. The molecule has 12 aromatic carbocycles. The van der Waals surface area contributed by atoms with Gasteiger partial charge in [-0.1, -0.05) is 84.9 Å². The van der Waals surface area contributed by atoms with Crippen LogP contribution in [0.1, 0.15) is 217 Å². The van der Waals surface area contributed by atoms with Gasteiger partial charge in [0, 0.05) is 147 Å². The quantitative estimate of drug-likeness (QED) is 0.146. The molecule has 12 heteroatoms. The number of aromatic nitrogens is 4. The lowest BCUT2D eigenvalue weighted by atomic mass is 9.86. The number of hydrogen-bond donors (Lipinski definition) is 2. The first kappa shape index (κ1) is 101. The van der Waals surface area contributed by atoms with Gasteiger partial charge in [-0.2, -0.15) is 0 Å². The van der Waals surface area contributed by atoms with Crippen molar-refractivity contribution >= 4 is 140 Å². The topological polar surface area (TPSA) is 76.8 Å². The molecule has 0 spiro atoms. The average molecular weight is 1970 g/mol. The molecule has 4 aliphatic carbocycles. The molecule has 8 heterocycles. The highest BCUT2D eigenvalue weighted by Gasteiger charge is 2.39. The van der Waals surface area contributed by atoms with Gasteiger partial charge in [0.25, 0.3) is 0 Å². The first-order chi connectivity index (χ1) is 69.5. The van der Waals surface area contributed by atoms with E-state index in [-0.39, 0.29) is 0 Å². The molecule has 2 N–H and O–H groups in total. The average Bonchev–Trinajstić information content (AvgIpc) is 1.62. The normalized spacial score (nSPS) is 15.4. The third-order valence-electron chi connectivity index (χ3n) is 35.4. The van der Waals surface area contributed by atoms with Crippen LogP contribution in [0.4, 0.5) is 0 Å². The zero-order valence-electron chi connectivity index (χ0n) is 93.4. The second-order valence-electron chi connectivity index (χ2n) is 45.5. The van der Waals surface area contributed by atoms with Crippen molar-refractivity contribution in [1.29, 1.82) is 0 Å². The molecule has 146 heavy (non-hydrogen) atoms. The fourth-order valence-electron chi connectivity index (χ4n) is 23.5. The van der Waals surface area contributed by atoms with Crippen LogP contribution in [0.5, 0.6) is 0 Å². The number of nitrogens with one attached hydrogen (secondary N) is 2. The highest BCUT2D eigenvalue weighted by molar-refractivity contribution is 7.30. The number of aromatic amines is 2. The second kappa shape index (κ2) is 39.7. The lowest BCUT2D eigenvalue weighted by Crippen LogP contribution is -2.42. The third-order valence-corrected chi connectivity index (χ3v) is 37.7. The number of nitrogens with zero attached hydrogens (tertiary/aromatic N) is 8. The predicted molar refractivity (Wildman–Crippen MR) is 637 cm³/mol. The van der Waals surface area contributed by atoms with Crippen molar-refractivity contribution in [2.24, 2.45) is 0 Å². The molecule has 0 saturated carbocycles. The van der Waals surface area contributed by atoms with Gasteiger partial charge >= 0.3 is 0 Å². The van der Waals surface area contributed by atoms with E-state index >= 15 is 0 Å². The van der Waals surface area contributed by atoms with Crippen LogP contribution in [0.3, 0.4) is 0 Å². The molecule has 10 nitrogen and oxygen atoms in total. The molecule has 0 amide bonds. The van der Waals surface area contributed by atoms with Gasteiger partial charge in [-0.25, -0.2) is 9.97 Å². The van der Waals surface area contributed by atoms with Crippen molar-refractivity contribution in [2.45, 2.75) is 206 Å². The maximum atomic E-state index is 4.99. The maximum Gasteiger partial charge on any atom is 0.0691 e. The van der Waals surface area contributed by atoms with Gasteiger partial charge in [-0.3, -0.25) is 0 Å². The van der Waals surface area contributed by atoms with Gasteiger partial charge in [-0.15, -0.1) is 22.7 Å². The first-order valence-electron chi connectivity index (χ1n) is 53.5. The Kier molecular flexibility index (Phi) is 27.6. The number of H-pyrrole nitrogens is 2. The van der Waals surface area contributed by atoms with Crippen LogP contribution in [-0.2, 0) is 25.7 Å². The van der Waals surface area contributed by atoms with E-state index in [1.54, 1.807) is 38.9 Å². The van der Waals surface area contributed by atoms with Gasteiger partial charge < -0.3 is 39.4 Å². The number of likely N-dealkylation sites (N-methyl/N-ethyl adjacent to an activating group) is 6. The minimum Gasteiger partial charge on any atom is -0.355 e. The highest BCUT2D eigenvalue weighted by Crippen LogP contribution is 2.59. The zero-order valence-corrected chi connectivity index (χ0v) is 95.0. The first-order valence-corrected chi connectivity index (χ1v) is 55.1. The van der Waals surface area contributed by atoms with E-state index in [4.69, 9.17) is 9.97 Å². The molecule has 0 unspecified atom stereocenters. The lowest BCUT2D eigenvalue weighted by molar-refractivity contribution is 0.181. The molecule has 750 valence electrons. The summed E-state index contributed by atoms with van der Waals surface area (Å²) in [5.74, 6) is 0. The molecule has 1 saturated heterocycles. The summed E-state index contributed by atoms with van der Waals surface area (Å²) in [6.45, 7) is 71.5. The number of thiophene rings is 2. The van der Waals surface area contributed by atoms with Gasteiger partial charge in [0.05, 0.1) is 22.8 Å². The summed E-state index contributed by atoms with van der Waals surface area (Å²) in [7, 11) is 13.5. The van der Waals surface area contributed by atoms with Crippen LogP contribution in [0.15, 0.2) is 133 Å². The van der Waals surface area contributed by atoms with Gasteiger partial charge in [0.2, 0.25) is 0 Å². The van der Waals surface area contributed by atoms with E-state index in [0.717, 1.165) is 149 Å². The molecule has 8 bridgehead atoms. The maximum absolute atomic E-state index is 4.99. The lowest BCUT2D eigenvalue weighted by Gasteiger charge is -2.28. The number of benzene rings is 12. The van der Waals surface area contributed by atoms with Gasteiger partial charge in [0.15, 0.2) is 0 Å². The Balaban J connectivity index is 0.000000112. The predicted octanol–water partition coefficient (Wildman–Crippen LogP) is 32.1. The molecule has 17 aromatic rings. The van der Waals surface area contributed by atoms with E-state index in [0.29, 0.717) is 0 Å². The van der Waals surface area contributed by atoms with Crippen LogP contribution in [-0.4, -0.2) is 170 Å². The number of rotatable bonds is 0. The highest BCUT2D eigenvalue weighted by atomic mass is 32.1. The fourth-order valence-corrected chi connectivity index (χ4v) is 26.4. The third kappa shape index (κ3) is 18.6. The van der Waals surface area contributed by atoms with E-state index in [9.17, 15) is 0 Å². The molecule has 1 fully saturated rings. The van der Waals surface area contributed by atoms with E-state index < -0.39 is 0 Å². The zero-order chi connectivity index (χ0) is 104. The van der Waals surface area contributed by atoms with E-state index in [2.05, 4.69) is 395 Å². The number of fused-ring (bicyclic) bond motifs is 38. The molecule has 3 aliphatic heterocycles. The molecule has 7 aliphatic rings. The van der Waals surface area contributed by atoms with Crippen LogP contribution in [0.25, 0.3) is 162 Å².